The van der Waals surface area contributed by atoms with Gasteiger partial charge in [0.2, 0.25) is 5.91 Å². The molecule has 1 aliphatic heterocycles. The van der Waals surface area contributed by atoms with Gasteiger partial charge in [0.15, 0.2) is 5.82 Å². The van der Waals surface area contributed by atoms with E-state index in [0.717, 1.165) is 56.0 Å². The molecule has 6 nitrogen and oxygen atoms in total. The van der Waals surface area contributed by atoms with Crippen LogP contribution >= 0.6 is 0 Å². The number of aromatic nitrogens is 4. The summed E-state index contributed by atoms with van der Waals surface area (Å²) in [4.78, 5) is 31.0. The monoisotopic (exact) mass is 325 g/mol. The van der Waals surface area contributed by atoms with E-state index >= 15 is 0 Å². The normalized spacial score (nSPS) is 21.5. The van der Waals surface area contributed by atoms with Crippen LogP contribution in [0.5, 0.6) is 0 Å². The maximum Gasteiger partial charge on any atom is 0.225 e. The largest absolute Gasteiger partial charge is 0.343 e. The number of imidazole rings is 1. The standard InChI is InChI=1S/C18H23N5O/c24-18(14-3-1-2-4-14)23-10-5-13(12-23)11-15-16(20-7-6-19-15)17-21-8-9-22-17/h6-9,13-14H,1-5,10-12H2,(H,21,22). The number of nitrogens with one attached hydrogen (secondary N) is 1. The zero-order chi connectivity index (χ0) is 16.4. The first kappa shape index (κ1) is 15.3. The van der Waals surface area contributed by atoms with Gasteiger partial charge in [-0.2, -0.15) is 0 Å². The Labute approximate surface area is 141 Å². The van der Waals surface area contributed by atoms with E-state index in [1.165, 1.54) is 12.8 Å². The molecule has 0 radical (unpaired) electrons. The number of nitrogens with zero attached hydrogens (tertiary/aromatic N) is 4. The highest BCUT2D eigenvalue weighted by atomic mass is 16.2. The molecule has 2 aliphatic rings. The summed E-state index contributed by atoms with van der Waals surface area (Å²) in [6, 6.07) is 0. The Hall–Kier alpha value is -2.24. The molecule has 1 unspecified atom stereocenters. The highest BCUT2D eigenvalue weighted by Gasteiger charge is 2.32. The van der Waals surface area contributed by atoms with Crippen LogP contribution in [-0.2, 0) is 11.2 Å². The summed E-state index contributed by atoms with van der Waals surface area (Å²) in [5, 5.41) is 0. The average Bonchev–Trinajstić information content (AvgIpc) is 3.36. The van der Waals surface area contributed by atoms with Gasteiger partial charge < -0.3 is 9.88 Å². The van der Waals surface area contributed by atoms with Gasteiger partial charge in [0.25, 0.3) is 0 Å². The van der Waals surface area contributed by atoms with Crippen molar-refractivity contribution >= 4 is 5.91 Å². The quantitative estimate of drug-likeness (QED) is 0.937. The fourth-order valence-electron chi connectivity index (χ4n) is 4.01. The molecule has 1 N–H and O–H groups in total. The molecule has 1 saturated carbocycles. The molecule has 3 heterocycles. The van der Waals surface area contributed by atoms with Crippen LogP contribution in [0.2, 0.25) is 0 Å². The lowest BCUT2D eigenvalue weighted by Gasteiger charge is -2.20. The molecular formula is C18H23N5O. The first-order valence-corrected chi connectivity index (χ1v) is 8.89. The number of hydrogen-bond donors (Lipinski definition) is 1. The number of likely N-dealkylation sites (tertiary alicyclic amines) is 1. The van der Waals surface area contributed by atoms with Gasteiger partial charge in [0.05, 0.1) is 5.69 Å². The fourth-order valence-corrected chi connectivity index (χ4v) is 4.01. The van der Waals surface area contributed by atoms with Crippen molar-refractivity contribution in [1.29, 1.82) is 0 Å². The van der Waals surface area contributed by atoms with E-state index in [9.17, 15) is 4.79 Å². The number of carbonyl (C=O) groups is 1. The molecule has 1 aliphatic carbocycles. The van der Waals surface area contributed by atoms with Crippen molar-refractivity contribution in [3.05, 3.63) is 30.5 Å². The Morgan fingerprint density at radius 1 is 1.12 bits per heavy atom. The first-order valence-electron chi connectivity index (χ1n) is 8.89. The Balaban J connectivity index is 1.43. The summed E-state index contributed by atoms with van der Waals surface area (Å²) in [6.45, 7) is 1.74. The van der Waals surface area contributed by atoms with Crippen molar-refractivity contribution in [2.45, 2.75) is 38.5 Å². The minimum absolute atomic E-state index is 0.277. The molecule has 6 heteroatoms. The molecule has 2 aromatic rings. The summed E-state index contributed by atoms with van der Waals surface area (Å²) in [6.07, 6.45) is 13.4. The van der Waals surface area contributed by atoms with Crippen LogP contribution < -0.4 is 0 Å². The second kappa shape index (κ2) is 6.71. The summed E-state index contributed by atoms with van der Waals surface area (Å²) in [5.74, 6) is 1.87. The summed E-state index contributed by atoms with van der Waals surface area (Å²) in [7, 11) is 0. The minimum atomic E-state index is 0.277. The number of H-pyrrole nitrogens is 1. The zero-order valence-corrected chi connectivity index (χ0v) is 13.8. The van der Waals surface area contributed by atoms with Gasteiger partial charge in [-0.15, -0.1) is 0 Å². The predicted molar refractivity (Wildman–Crippen MR) is 90.0 cm³/mol. The van der Waals surface area contributed by atoms with E-state index in [2.05, 4.69) is 24.8 Å². The molecule has 4 rings (SSSR count). The zero-order valence-electron chi connectivity index (χ0n) is 13.8. The molecule has 0 bridgehead atoms. The Morgan fingerprint density at radius 3 is 2.75 bits per heavy atom. The topological polar surface area (TPSA) is 74.8 Å². The van der Waals surface area contributed by atoms with E-state index < -0.39 is 0 Å². The second-order valence-electron chi connectivity index (χ2n) is 6.91. The molecule has 1 atom stereocenters. The Bertz CT molecular complexity index is 693. The highest BCUT2D eigenvalue weighted by molar-refractivity contribution is 5.79. The predicted octanol–water partition coefficient (Wildman–Crippen LogP) is 2.45. The fraction of sp³-hybridized carbons (Fsp3) is 0.556. The summed E-state index contributed by atoms with van der Waals surface area (Å²) in [5.41, 5.74) is 1.79. The van der Waals surface area contributed by atoms with Crippen molar-refractivity contribution in [2.75, 3.05) is 13.1 Å². The third-order valence-electron chi connectivity index (χ3n) is 5.28. The number of rotatable bonds is 4. The van der Waals surface area contributed by atoms with Crippen LogP contribution in [0.1, 0.15) is 37.8 Å². The minimum Gasteiger partial charge on any atom is -0.343 e. The van der Waals surface area contributed by atoms with Gasteiger partial charge >= 0.3 is 0 Å². The van der Waals surface area contributed by atoms with Crippen LogP contribution in [0.15, 0.2) is 24.8 Å². The molecule has 2 fully saturated rings. The lowest BCUT2D eigenvalue weighted by molar-refractivity contribution is -0.134. The SMILES string of the molecule is O=C(C1CCCC1)N1CCC(Cc2nccnc2-c2ncc[nH]2)C1. The molecule has 1 amide bonds. The molecule has 126 valence electrons. The number of aromatic amines is 1. The Morgan fingerprint density at radius 2 is 1.96 bits per heavy atom. The molecule has 24 heavy (non-hydrogen) atoms. The van der Waals surface area contributed by atoms with Gasteiger partial charge in [0.1, 0.15) is 5.69 Å². The van der Waals surface area contributed by atoms with Crippen molar-refractivity contribution in [1.82, 2.24) is 24.8 Å². The second-order valence-corrected chi connectivity index (χ2v) is 6.91. The van der Waals surface area contributed by atoms with Crippen molar-refractivity contribution in [3.63, 3.8) is 0 Å². The lowest BCUT2D eigenvalue weighted by atomic mass is 10.0. The number of hydrogen-bond acceptors (Lipinski definition) is 4. The summed E-state index contributed by atoms with van der Waals surface area (Å²) < 4.78 is 0. The van der Waals surface area contributed by atoms with E-state index in [1.54, 1.807) is 24.8 Å². The van der Waals surface area contributed by atoms with Crippen molar-refractivity contribution in [2.24, 2.45) is 11.8 Å². The van der Waals surface area contributed by atoms with E-state index in [-0.39, 0.29) is 5.92 Å². The van der Waals surface area contributed by atoms with E-state index in [1.807, 2.05) is 0 Å². The van der Waals surface area contributed by atoms with Gasteiger partial charge in [-0.05, 0) is 31.6 Å². The van der Waals surface area contributed by atoms with Crippen LogP contribution in [0.25, 0.3) is 11.5 Å². The summed E-state index contributed by atoms with van der Waals surface area (Å²) >= 11 is 0. The highest BCUT2D eigenvalue weighted by Crippen LogP contribution is 2.30. The molecule has 2 aromatic heterocycles. The van der Waals surface area contributed by atoms with Gasteiger partial charge in [0, 0.05) is 43.8 Å². The third kappa shape index (κ3) is 3.05. The van der Waals surface area contributed by atoms with Crippen LogP contribution in [0, 0.1) is 11.8 Å². The first-order chi connectivity index (χ1) is 11.8. The number of carbonyl (C=O) groups excluding carboxylic acids is 1. The third-order valence-corrected chi connectivity index (χ3v) is 5.28. The van der Waals surface area contributed by atoms with E-state index in [4.69, 9.17) is 0 Å². The van der Waals surface area contributed by atoms with Crippen LogP contribution in [0.3, 0.4) is 0 Å². The van der Waals surface area contributed by atoms with Gasteiger partial charge in [-0.25, -0.2) is 9.97 Å². The van der Waals surface area contributed by atoms with E-state index in [0.29, 0.717) is 11.8 Å². The average molecular weight is 325 g/mol. The molecule has 1 saturated heterocycles. The Kier molecular flexibility index (Phi) is 4.28. The van der Waals surface area contributed by atoms with Crippen LogP contribution in [-0.4, -0.2) is 43.8 Å². The van der Waals surface area contributed by atoms with Crippen molar-refractivity contribution in [3.8, 4) is 11.5 Å². The van der Waals surface area contributed by atoms with Gasteiger partial charge in [-0.1, -0.05) is 12.8 Å². The maximum absolute atomic E-state index is 12.6. The number of amides is 1. The lowest BCUT2D eigenvalue weighted by Crippen LogP contribution is -2.33. The smallest absolute Gasteiger partial charge is 0.225 e. The molecule has 0 aromatic carbocycles. The molecular weight excluding hydrogens is 302 g/mol. The molecule has 0 spiro atoms. The van der Waals surface area contributed by atoms with Gasteiger partial charge in [-0.3, -0.25) is 9.78 Å². The van der Waals surface area contributed by atoms with Crippen LogP contribution in [0.4, 0.5) is 0 Å². The van der Waals surface area contributed by atoms with Crippen molar-refractivity contribution < 1.29 is 4.79 Å². The maximum atomic E-state index is 12.6.